The fourth-order valence-corrected chi connectivity index (χ4v) is 5.01. The summed E-state index contributed by atoms with van der Waals surface area (Å²) in [7, 11) is 0. The Hall–Kier alpha value is -3.82. The molecule has 0 bridgehead atoms. The summed E-state index contributed by atoms with van der Waals surface area (Å²) in [5.74, 6) is -0.667. The number of thioether (sulfide) groups is 1. The summed E-state index contributed by atoms with van der Waals surface area (Å²) in [5.41, 5.74) is 4.20. The monoisotopic (exact) mass is 453 g/mol. The van der Waals surface area contributed by atoms with Crippen LogP contribution in [0.3, 0.4) is 0 Å². The molecule has 0 aromatic heterocycles. The summed E-state index contributed by atoms with van der Waals surface area (Å²) in [6, 6.07) is 26.6. The van der Waals surface area contributed by atoms with Gasteiger partial charge in [-0.2, -0.15) is 5.26 Å². The molecule has 1 saturated heterocycles. The Balaban J connectivity index is 1.73. The summed E-state index contributed by atoms with van der Waals surface area (Å²) in [6.07, 6.45) is 0.508. The molecule has 33 heavy (non-hydrogen) atoms. The number of rotatable bonds is 5. The number of hydrogen-bond acceptors (Lipinski definition) is 4. The van der Waals surface area contributed by atoms with Gasteiger partial charge < -0.3 is 5.32 Å². The molecular weight excluding hydrogens is 430 g/mol. The van der Waals surface area contributed by atoms with Crippen LogP contribution in [-0.2, 0) is 16.0 Å². The number of nitriles is 1. The highest BCUT2D eigenvalue weighted by molar-refractivity contribution is 8.05. The van der Waals surface area contributed by atoms with E-state index >= 15 is 0 Å². The van der Waals surface area contributed by atoms with E-state index in [9.17, 15) is 14.9 Å². The molecule has 3 aromatic carbocycles. The first kappa shape index (κ1) is 22.4. The Labute approximate surface area is 197 Å². The summed E-state index contributed by atoms with van der Waals surface area (Å²) >= 11 is 1.27. The van der Waals surface area contributed by atoms with Crippen LogP contribution in [0.4, 0.5) is 11.4 Å². The van der Waals surface area contributed by atoms with Crippen molar-refractivity contribution in [3.8, 4) is 6.07 Å². The molecule has 1 aliphatic heterocycles. The zero-order valence-electron chi connectivity index (χ0n) is 18.4. The van der Waals surface area contributed by atoms with Crippen molar-refractivity contribution in [1.82, 2.24) is 0 Å². The number of para-hydroxylation sites is 1. The number of benzene rings is 3. The van der Waals surface area contributed by atoms with Gasteiger partial charge >= 0.3 is 0 Å². The maximum absolute atomic E-state index is 13.5. The third kappa shape index (κ3) is 4.69. The van der Waals surface area contributed by atoms with Crippen LogP contribution in [0.25, 0.3) is 0 Å². The van der Waals surface area contributed by atoms with Gasteiger partial charge in [-0.3, -0.25) is 14.5 Å². The van der Waals surface area contributed by atoms with Crippen molar-refractivity contribution in [2.75, 3.05) is 10.2 Å². The SMILES string of the molecule is Cc1cccc(NC(=O)/C(C#N)=C2\SC(Cc3ccccc3)C(=O)N2c2ccccc2)c1C. The number of carbonyl (C=O) groups is 2. The summed E-state index contributed by atoms with van der Waals surface area (Å²) < 4.78 is 0. The summed E-state index contributed by atoms with van der Waals surface area (Å²) in [6.45, 7) is 3.88. The quantitative estimate of drug-likeness (QED) is 0.416. The fourth-order valence-electron chi connectivity index (χ4n) is 3.70. The predicted octanol–water partition coefficient (Wildman–Crippen LogP) is 5.37. The van der Waals surface area contributed by atoms with E-state index in [1.807, 2.05) is 74.5 Å². The van der Waals surface area contributed by atoms with Gasteiger partial charge in [0.05, 0.1) is 5.25 Å². The van der Waals surface area contributed by atoms with Crippen LogP contribution < -0.4 is 10.2 Å². The Kier molecular flexibility index (Phi) is 6.62. The van der Waals surface area contributed by atoms with E-state index in [4.69, 9.17) is 0 Å². The number of carbonyl (C=O) groups excluding carboxylic acids is 2. The molecule has 0 radical (unpaired) electrons. The topological polar surface area (TPSA) is 73.2 Å². The number of nitrogens with zero attached hydrogens (tertiary/aromatic N) is 2. The van der Waals surface area contributed by atoms with E-state index in [1.165, 1.54) is 16.7 Å². The van der Waals surface area contributed by atoms with E-state index in [-0.39, 0.29) is 11.5 Å². The van der Waals surface area contributed by atoms with Gasteiger partial charge in [-0.15, -0.1) is 0 Å². The first-order chi connectivity index (χ1) is 16.0. The lowest BCUT2D eigenvalue weighted by atomic mass is 10.1. The van der Waals surface area contributed by atoms with Gasteiger partial charge in [0.25, 0.3) is 5.91 Å². The van der Waals surface area contributed by atoms with Crippen molar-refractivity contribution in [3.05, 3.63) is 106 Å². The molecule has 1 aliphatic rings. The van der Waals surface area contributed by atoms with Gasteiger partial charge in [0.15, 0.2) is 0 Å². The smallest absolute Gasteiger partial charge is 0.269 e. The normalized spacial score (nSPS) is 16.9. The average Bonchev–Trinajstić information content (AvgIpc) is 3.14. The van der Waals surface area contributed by atoms with E-state index in [0.29, 0.717) is 22.8 Å². The Morgan fingerprint density at radius 1 is 1.00 bits per heavy atom. The maximum atomic E-state index is 13.5. The molecule has 164 valence electrons. The van der Waals surface area contributed by atoms with Crippen LogP contribution in [0.1, 0.15) is 16.7 Å². The van der Waals surface area contributed by atoms with Crippen molar-refractivity contribution in [3.63, 3.8) is 0 Å². The van der Waals surface area contributed by atoms with Crippen LogP contribution in [0.2, 0.25) is 0 Å². The molecule has 2 amide bonds. The second-order valence-corrected chi connectivity index (χ2v) is 8.99. The molecule has 5 nitrogen and oxygen atoms in total. The van der Waals surface area contributed by atoms with Crippen molar-refractivity contribution >= 4 is 35.0 Å². The molecule has 3 aromatic rings. The Morgan fingerprint density at radius 2 is 1.67 bits per heavy atom. The van der Waals surface area contributed by atoms with Crippen molar-refractivity contribution in [2.45, 2.75) is 25.5 Å². The second-order valence-electron chi connectivity index (χ2n) is 7.80. The van der Waals surface area contributed by atoms with E-state index in [0.717, 1.165) is 16.7 Å². The molecule has 4 rings (SSSR count). The lowest BCUT2D eigenvalue weighted by Gasteiger charge is -2.19. The number of aryl methyl sites for hydroxylation is 1. The molecule has 1 unspecified atom stereocenters. The predicted molar refractivity (Wildman–Crippen MR) is 133 cm³/mol. The third-order valence-electron chi connectivity index (χ3n) is 5.64. The minimum absolute atomic E-state index is 0.0753. The zero-order valence-corrected chi connectivity index (χ0v) is 19.2. The molecule has 1 fully saturated rings. The highest BCUT2D eigenvalue weighted by Crippen LogP contribution is 2.42. The summed E-state index contributed by atoms with van der Waals surface area (Å²) in [5, 5.41) is 12.8. The molecule has 6 heteroatoms. The standard InChI is InChI=1S/C27H23N3O2S/c1-18-10-9-15-23(19(18)2)29-25(31)22(17-28)27-30(21-13-7-4-8-14-21)26(32)24(33-27)16-20-11-5-3-6-12-20/h3-15,24H,16H2,1-2H3,(H,29,31)/b27-22-. The van der Waals surface area contributed by atoms with Gasteiger partial charge in [0.2, 0.25) is 5.91 Å². The molecule has 1 atom stereocenters. The van der Waals surface area contributed by atoms with E-state index in [2.05, 4.69) is 11.4 Å². The van der Waals surface area contributed by atoms with Crippen LogP contribution >= 0.6 is 11.8 Å². The Bertz CT molecular complexity index is 1260. The van der Waals surface area contributed by atoms with Crippen molar-refractivity contribution in [1.29, 1.82) is 5.26 Å². The van der Waals surface area contributed by atoms with Crippen molar-refractivity contribution < 1.29 is 9.59 Å². The van der Waals surface area contributed by atoms with Crippen LogP contribution in [0.5, 0.6) is 0 Å². The highest BCUT2D eigenvalue weighted by atomic mass is 32.2. The molecule has 1 heterocycles. The largest absolute Gasteiger partial charge is 0.321 e. The summed E-state index contributed by atoms with van der Waals surface area (Å²) in [4.78, 5) is 28.2. The molecule has 1 N–H and O–H groups in total. The fraction of sp³-hybridized carbons (Fsp3) is 0.148. The highest BCUT2D eigenvalue weighted by Gasteiger charge is 2.40. The molecule has 0 saturated carbocycles. The lowest BCUT2D eigenvalue weighted by molar-refractivity contribution is -0.117. The second kappa shape index (κ2) is 9.76. The van der Waals surface area contributed by atoms with Gasteiger partial charge in [-0.05, 0) is 55.2 Å². The lowest BCUT2D eigenvalue weighted by Crippen LogP contribution is -2.30. The van der Waals surface area contributed by atoms with Crippen LogP contribution in [0.15, 0.2) is 89.5 Å². The van der Waals surface area contributed by atoms with Gasteiger partial charge in [0.1, 0.15) is 16.7 Å². The first-order valence-electron chi connectivity index (χ1n) is 10.6. The maximum Gasteiger partial charge on any atom is 0.269 e. The number of amides is 2. The molecule has 0 spiro atoms. The van der Waals surface area contributed by atoms with Crippen LogP contribution in [0, 0.1) is 25.2 Å². The molecular formula is C27H23N3O2S. The minimum atomic E-state index is -0.525. The number of hydrogen-bond donors (Lipinski definition) is 1. The van der Waals surface area contributed by atoms with Crippen LogP contribution in [-0.4, -0.2) is 17.1 Å². The number of nitrogens with one attached hydrogen (secondary N) is 1. The van der Waals surface area contributed by atoms with E-state index < -0.39 is 11.2 Å². The van der Waals surface area contributed by atoms with E-state index in [1.54, 1.807) is 18.2 Å². The first-order valence-corrected chi connectivity index (χ1v) is 11.5. The number of anilines is 2. The Morgan fingerprint density at radius 3 is 2.33 bits per heavy atom. The minimum Gasteiger partial charge on any atom is -0.321 e. The third-order valence-corrected chi connectivity index (χ3v) is 6.90. The zero-order chi connectivity index (χ0) is 23.4. The van der Waals surface area contributed by atoms with Gasteiger partial charge in [0, 0.05) is 11.4 Å². The van der Waals surface area contributed by atoms with Gasteiger partial charge in [-0.1, -0.05) is 72.4 Å². The van der Waals surface area contributed by atoms with Gasteiger partial charge in [-0.25, -0.2) is 0 Å². The van der Waals surface area contributed by atoms with Crippen molar-refractivity contribution in [2.24, 2.45) is 0 Å². The average molecular weight is 454 g/mol. The molecule has 0 aliphatic carbocycles.